The molecule has 0 unspecified atom stereocenters. The maximum Gasteiger partial charge on any atom is 0.161 e. The predicted molar refractivity (Wildman–Crippen MR) is 150 cm³/mol. The van der Waals surface area contributed by atoms with Crippen LogP contribution in [0.1, 0.15) is 51.0 Å². The molecule has 0 spiro atoms. The van der Waals surface area contributed by atoms with Gasteiger partial charge in [-0.3, -0.25) is 0 Å². The number of methoxy groups -OCH3 is 2. The van der Waals surface area contributed by atoms with Crippen molar-refractivity contribution in [1.29, 1.82) is 0 Å². The molecule has 6 nitrogen and oxygen atoms in total. The Labute approximate surface area is 216 Å². The number of rotatable bonds is 7. The van der Waals surface area contributed by atoms with Crippen molar-refractivity contribution in [2.24, 2.45) is 0 Å². The van der Waals surface area contributed by atoms with E-state index < -0.39 is 0 Å². The number of aromatic amines is 1. The van der Waals surface area contributed by atoms with Gasteiger partial charge in [-0.15, -0.1) is 0 Å². The van der Waals surface area contributed by atoms with E-state index in [9.17, 15) is 0 Å². The number of hydrogen-bond donors (Lipinski definition) is 2. The van der Waals surface area contributed by atoms with Gasteiger partial charge in [-0.1, -0.05) is 13.8 Å². The number of likely N-dealkylation sites (tertiary alicyclic amines) is 1. The van der Waals surface area contributed by atoms with E-state index in [1.807, 2.05) is 6.07 Å². The number of aromatic nitrogens is 1. The van der Waals surface area contributed by atoms with Crippen LogP contribution in [-0.4, -0.2) is 69.4 Å². The highest BCUT2D eigenvalue weighted by atomic mass is 16.5. The zero-order valence-electron chi connectivity index (χ0n) is 22.6. The molecule has 0 aliphatic carbocycles. The zero-order valence-corrected chi connectivity index (χ0v) is 22.6. The van der Waals surface area contributed by atoms with Crippen LogP contribution in [0.4, 0.5) is 5.69 Å². The van der Waals surface area contributed by atoms with E-state index in [1.165, 1.54) is 66.6 Å². The van der Waals surface area contributed by atoms with Crippen LogP contribution in [0.25, 0.3) is 22.2 Å². The molecule has 0 amide bonds. The second-order valence-electron chi connectivity index (χ2n) is 10.9. The van der Waals surface area contributed by atoms with Crippen LogP contribution in [0, 0.1) is 0 Å². The van der Waals surface area contributed by atoms with Crippen molar-refractivity contribution in [2.45, 2.75) is 57.5 Å². The first-order valence-corrected chi connectivity index (χ1v) is 13.5. The molecule has 1 aromatic heterocycles. The molecule has 3 heterocycles. The SMILES string of the molecule is COc1ccc(-c2[nH]c3ccc(N4CCC(NC5CCN(C)CC5)CC4)cc3c2C(C)C)cc1OC. The molecule has 5 rings (SSSR count). The minimum atomic E-state index is 0.390. The molecule has 2 saturated heterocycles. The quantitative estimate of drug-likeness (QED) is 0.450. The van der Waals surface area contributed by atoms with Gasteiger partial charge in [-0.25, -0.2) is 0 Å². The fourth-order valence-electron chi connectivity index (χ4n) is 6.03. The number of benzene rings is 2. The lowest BCUT2D eigenvalue weighted by molar-refractivity contribution is 0.217. The van der Waals surface area contributed by atoms with E-state index in [0.717, 1.165) is 30.2 Å². The minimum Gasteiger partial charge on any atom is -0.493 e. The second-order valence-corrected chi connectivity index (χ2v) is 10.9. The van der Waals surface area contributed by atoms with Gasteiger partial charge < -0.3 is 29.6 Å². The van der Waals surface area contributed by atoms with Crippen molar-refractivity contribution < 1.29 is 9.47 Å². The standard InChI is InChI=1S/C30H42N4O2/c1-20(2)29-25-19-24(34-16-12-23(13-17-34)31-22-10-14-33(3)15-11-22)7-8-26(25)32-30(29)21-6-9-27(35-4)28(18-21)36-5/h6-9,18-20,22-23,31-32H,10-17H2,1-5H3. The van der Waals surface area contributed by atoms with Gasteiger partial charge in [-0.05, 0) is 93.7 Å². The van der Waals surface area contributed by atoms with Crippen molar-refractivity contribution in [3.63, 3.8) is 0 Å². The van der Waals surface area contributed by atoms with Gasteiger partial charge in [0.1, 0.15) is 0 Å². The van der Waals surface area contributed by atoms with E-state index in [1.54, 1.807) is 14.2 Å². The Hall–Kier alpha value is -2.70. The van der Waals surface area contributed by atoms with Gasteiger partial charge >= 0.3 is 0 Å². The molecular formula is C30H42N4O2. The number of nitrogens with zero attached hydrogens (tertiary/aromatic N) is 2. The lowest BCUT2D eigenvalue weighted by Crippen LogP contribution is -2.49. The summed E-state index contributed by atoms with van der Waals surface area (Å²) < 4.78 is 11.0. The van der Waals surface area contributed by atoms with E-state index >= 15 is 0 Å². The normalized spacial score (nSPS) is 18.3. The summed E-state index contributed by atoms with van der Waals surface area (Å²) in [4.78, 5) is 8.72. The highest BCUT2D eigenvalue weighted by Crippen LogP contribution is 2.40. The first-order valence-electron chi connectivity index (χ1n) is 13.5. The number of fused-ring (bicyclic) bond motifs is 1. The lowest BCUT2D eigenvalue weighted by Gasteiger charge is -2.38. The Kier molecular flexibility index (Phi) is 7.44. The third-order valence-corrected chi connectivity index (χ3v) is 8.12. The van der Waals surface area contributed by atoms with E-state index in [2.05, 4.69) is 71.3 Å². The molecule has 6 heteroatoms. The largest absolute Gasteiger partial charge is 0.493 e. The number of piperidine rings is 2. The van der Waals surface area contributed by atoms with Crippen molar-refractivity contribution in [2.75, 3.05) is 52.3 Å². The molecule has 2 aromatic carbocycles. The van der Waals surface area contributed by atoms with Crippen molar-refractivity contribution in [3.05, 3.63) is 42.0 Å². The summed E-state index contributed by atoms with van der Waals surface area (Å²) in [5.41, 5.74) is 6.16. The van der Waals surface area contributed by atoms with E-state index in [0.29, 0.717) is 18.0 Å². The van der Waals surface area contributed by atoms with Crippen molar-refractivity contribution in [3.8, 4) is 22.8 Å². The molecule has 2 N–H and O–H groups in total. The summed E-state index contributed by atoms with van der Waals surface area (Å²) in [5.74, 6) is 1.89. The summed E-state index contributed by atoms with van der Waals surface area (Å²) in [7, 11) is 5.60. The van der Waals surface area contributed by atoms with E-state index in [-0.39, 0.29) is 0 Å². The van der Waals surface area contributed by atoms with Crippen LogP contribution < -0.4 is 19.7 Å². The average Bonchev–Trinajstić information content (AvgIpc) is 3.29. The van der Waals surface area contributed by atoms with Crippen LogP contribution in [0.15, 0.2) is 36.4 Å². The second kappa shape index (κ2) is 10.7. The summed E-state index contributed by atoms with van der Waals surface area (Å²) in [5, 5.41) is 5.28. The number of ether oxygens (including phenoxy) is 2. The Morgan fingerprint density at radius 2 is 1.53 bits per heavy atom. The van der Waals surface area contributed by atoms with Crippen LogP contribution in [0.5, 0.6) is 11.5 Å². The van der Waals surface area contributed by atoms with Gasteiger partial charge in [0, 0.05) is 47.3 Å². The summed E-state index contributed by atoms with van der Waals surface area (Å²) in [6, 6.07) is 14.4. The number of H-pyrrole nitrogens is 1. The molecule has 2 aliphatic heterocycles. The highest BCUT2D eigenvalue weighted by Gasteiger charge is 2.25. The molecule has 0 atom stereocenters. The number of nitrogens with one attached hydrogen (secondary N) is 2. The van der Waals surface area contributed by atoms with Gasteiger partial charge in [-0.2, -0.15) is 0 Å². The predicted octanol–water partition coefficient (Wildman–Crippen LogP) is 5.63. The number of anilines is 1. The zero-order chi connectivity index (χ0) is 25.2. The van der Waals surface area contributed by atoms with E-state index in [4.69, 9.17) is 9.47 Å². The molecule has 194 valence electrons. The third kappa shape index (κ3) is 5.07. The molecule has 0 radical (unpaired) electrons. The van der Waals surface area contributed by atoms with Crippen molar-refractivity contribution >= 4 is 16.6 Å². The van der Waals surface area contributed by atoms with Gasteiger partial charge in [0.25, 0.3) is 0 Å². The van der Waals surface area contributed by atoms with Crippen LogP contribution in [-0.2, 0) is 0 Å². The maximum absolute atomic E-state index is 5.58. The monoisotopic (exact) mass is 490 g/mol. The van der Waals surface area contributed by atoms with Gasteiger partial charge in [0.05, 0.1) is 19.9 Å². The Morgan fingerprint density at radius 1 is 0.861 bits per heavy atom. The van der Waals surface area contributed by atoms with Gasteiger partial charge in [0.2, 0.25) is 0 Å². The molecular weight excluding hydrogens is 448 g/mol. The summed E-state index contributed by atoms with van der Waals surface area (Å²) in [6.45, 7) is 9.21. The van der Waals surface area contributed by atoms with Crippen LogP contribution in [0.2, 0.25) is 0 Å². The molecule has 36 heavy (non-hydrogen) atoms. The molecule has 3 aromatic rings. The first-order chi connectivity index (χ1) is 17.5. The van der Waals surface area contributed by atoms with Crippen LogP contribution in [0.3, 0.4) is 0 Å². The average molecular weight is 491 g/mol. The van der Waals surface area contributed by atoms with Crippen molar-refractivity contribution in [1.82, 2.24) is 15.2 Å². The summed E-state index contributed by atoms with van der Waals surface area (Å²) >= 11 is 0. The fourth-order valence-corrected chi connectivity index (χ4v) is 6.03. The Morgan fingerprint density at radius 3 is 2.17 bits per heavy atom. The molecule has 2 fully saturated rings. The smallest absolute Gasteiger partial charge is 0.161 e. The fraction of sp³-hybridized carbons (Fsp3) is 0.533. The third-order valence-electron chi connectivity index (χ3n) is 8.12. The topological polar surface area (TPSA) is 52.8 Å². The summed E-state index contributed by atoms with van der Waals surface area (Å²) in [6.07, 6.45) is 4.99. The van der Waals surface area contributed by atoms with Gasteiger partial charge in [0.15, 0.2) is 11.5 Å². The Bertz CT molecular complexity index is 1170. The maximum atomic E-state index is 5.58. The highest BCUT2D eigenvalue weighted by molar-refractivity contribution is 5.93. The first kappa shape index (κ1) is 25.0. The lowest BCUT2D eigenvalue weighted by atomic mass is 9.95. The minimum absolute atomic E-state index is 0.390. The Balaban J connectivity index is 1.35. The van der Waals surface area contributed by atoms with Crippen LogP contribution >= 0.6 is 0 Å². The number of hydrogen-bond acceptors (Lipinski definition) is 5. The molecule has 2 aliphatic rings. The molecule has 0 saturated carbocycles. The molecule has 0 bridgehead atoms.